The topological polar surface area (TPSA) is 96.0 Å². The number of nitrogens with one attached hydrogen (secondary N) is 1. The molecule has 0 spiro atoms. The third-order valence-electron chi connectivity index (χ3n) is 5.57. The number of halogens is 1. The van der Waals surface area contributed by atoms with Gasteiger partial charge < -0.3 is 15.0 Å². The van der Waals surface area contributed by atoms with Gasteiger partial charge in [0.15, 0.2) is 0 Å². The third-order valence-corrected chi connectivity index (χ3v) is 6.76. The first-order valence-corrected chi connectivity index (χ1v) is 13.9. The molecule has 2 aromatic rings. The number of benzene rings is 2. The summed E-state index contributed by atoms with van der Waals surface area (Å²) in [4.78, 5) is 27.3. The van der Waals surface area contributed by atoms with E-state index in [0.717, 1.165) is 12.7 Å². The van der Waals surface area contributed by atoms with E-state index in [2.05, 4.69) is 5.32 Å². The van der Waals surface area contributed by atoms with Crippen LogP contribution >= 0.6 is 0 Å². The Hall–Kier alpha value is -3.14. The van der Waals surface area contributed by atoms with E-state index in [1.54, 1.807) is 43.3 Å². The molecule has 0 bridgehead atoms. The molecule has 2 aromatic carbocycles. The summed E-state index contributed by atoms with van der Waals surface area (Å²) in [6.45, 7) is 6.67. The molecule has 1 unspecified atom stereocenters. The number of hydrogen-bond donors (Lipinski definition) is 1. The molecule has 0 aliphatic rings. The molecule has 0 aliphatic heterocycles. The molecular formula is C26H36FN3O5S. The fourth-order valence-corrected chi connectivity index (χ4v) is 4.61. The van der Waals surface area contributed by atoms with Gasteiger partial charge >= 0.3 is 0 Å². The number of sulfonamides is 1. The minimum atomic E-state index is -3.59. The maximum absolute atomic E-state index is 13.3. The van der Waals surface area contributed by atoms with Crippen LogP contribution in [0.3, 0.4) is 0 Å². The van der Waals surface area contributed by atoms with E-state index < -0.39 is 16.1 Å². The smallest absolute Gasteiger partial charge is 0.242 e. The second-order valence-corrected chi connectivity index (χ2v) is 10.4. The zero-order valence-electron chi connectivity index (χ0n) is 21.4. The van der Waals surface area contributed by atoms with Crippen molar-refractivity contribution in [2.45, 2.75) is 52.6 Å². The maximum Gasteiger partial charge on any atom is 0.242 e. The van der Waals surface area contributed by atoms with E-state index >= 15 is 0 Å². The van der Waals surface area contributed by atoms with Gasteiger partial charge in [-0.3, -0.25) is 13.9 Å². The number of ether oxygens (including phenoxy) is 1. The molecule has 10 heteroatoms. The van der Waals surface area contributed by atoms with Crippen molar-refractivity contribution in [1.29, 1.82) is 0 Å². The predicted molar refractivity (Wildman–Crippen MR) is 139 cm³/mol. The zero-order chi connectivity index (χ0) is 26.7. The van der Waals surface area contributed by atoms with Crippen molar-refractivity contribution in [3.63, 3.8) is 0 Å². The molecule has 0 saturated carbocycles. The highest BCUT2D eigenvalue weighted by Crippen LogP contribution is 2.22. The molecule has 0 heterocycles. The summed E-state index contributed by atoms with van der Waals surface area (Å²) >= 11 is 0. The second-order valence-electron chi connectivity index (χ2n) is 8.48. The van der Waals surface area contributed by atoms with E-state index in [9.17, 15) is 22.4 Å². The van der Waals surface area contributed by atoms with E-state index in [0.29, 0.717) is 30.2 Å². The highest BCUT2D eigenvalue weighted by atomic mass is 32.2. The molecule has 0 aliphatic carbocycles. The molecule has 0 aromatic heterocycles. The average Bonchev–Trinajstić information content (AvgIpc) is 2.84. The number of hydrogen-bond acceptors (Lipinski definition) is 5. The Bertz CT molecular complexity index is 1090. The number of carbonyl (C=O) groups excluding carboxylic acids is 2. The first-order valence-electron chi connectivity index (χ1n) is 12.1. The fourth-order valence-electron chi connectivity index (χ4n) is 3.64. The molecule has 198 valence electrons. The lowest BCUT2D eigenvalue weighted by molar-refractivity contribution is -0.140. The number of rotatable bonds is 14. The molecule has 2 rings (SSSR count). The molecule has 2 amide bonds. The number of anilines is 1. The van der Waals surface area contributed by atoms with Gasteiger partial charge in [-0.25, -0.2) is 12.8 Å². The molecule has 0 fully saturated rings. The van der Waals surface area contributed by atoms with Gasteiger partial charge in [0, 0.05) is 26.1 Å². The van der Waals surface area contributed by atoms with Gasteiger partial charge in [-0.2, -0.15) is 0 Å². The van der Waals surface area contributed by atoms with Crippen molar-refractivity contribution in [2.24, 2.45) is 0 Å². The Morgan fingerprint density at radius 3 is 2.25 bits per heavy atom. The fraction of sp³-hybridized carbons (Fsp3) is 0.462. The van der Waals surface area contributed by atoms with Crippen molar-refractivity contribution >= 4 is 27.5 Å². The molecule has 1 N–H and O–H groups in total. The van der Waals surface area contributed by atoms with Gasteiger partial charge in [0.05, 0.1) is 18.6 Å². The van der Waals surface area contributed by atoms with Crippen LogP contribution in [0.2, 0.25) is 0 Å². The van der Waals surface area contributed by atoms with Crippen molar-refractivity contribution < 1.29 is 27.1 Å². The van der Waals surface area contributed by atoms with Gasteiger partial charge in [-0.1, -0.05) is 19.1 Å². The van der Waals surface area contributed by atoms with E-state index in [-0.39, 0.29) is 43.6 Å². The van der Waals surface area contributed by atoms with Gasteiger partial charge in [-0.05, 0) is 68.7 Å². The van der Waals surface area contributed by atoms with Crippen LogP contribution in [-0.4, -0.2) is 57.1 Å². The lowest BCUT2D eigenvalue weighted by atomic mass is 10.1. The number of carbonyl (C=O) groups is 2. The van der Waals surface area contributed by atoms with Crippen LogP contribution in [0.5, 0.6) is 5.75 Å². The quantitative estimate of drug-likeness (QED) is 0.409. The predicted octanol–water partition coefficient (Wildman–Crippen LogP) is 3.71. The first-order chi connectivity index (χ1) is 17.1. The van der Waals surface area contributed by atoms with Gasteiger partial charge in [0.1, 0.15) is 17.6 Å². The lowest BCUT2D eigenvalue weighted by Gasteiger charge is -2.29. The molecule has 1 atom stereocenters. The molecule has 0 saturated heterocycles. The van der Waals surface area contributed by atoms with Crippen molar-refractivity contribution in [1.82, 2.24) is 10.2 Å². The molecular weight excluding hydrogens is 485 g/mol. The van der Waals surface area contributed by atoms with E-state index in [4.69, 9.17) is 4.74 Å². The summed E-state index contributed by atoms with van der Waals surface area (Å²) in [6, 6.07) is 11.7. The van der Waals surface area contributed by atoms with Crippen LogP contribution in [0, 0.1) is 5.82 Å². The Morgan fingerprint density at radius 1 is 1.06 bits per heavy atom. The van der Waals surface area contributed by atoms with Gasteiger partial charge in [0.25, 0.3) is 0 Å². The second kappa shape index (κ2) is 13.8. The van der Waals surface area contributed by atoms with E-state index in [1.807, 2.05) is 13.8 Å². The monoisotopic (exact) mass is 521 g/mol. The standard InChI is InChI=1S/C26H36FN3O5S/c1-5-17-28-26(32)20(3)29(19-21-9-11-22(27)12-10-21)25(31)8-7-18-30(36(4,33)34)23-13-15-24(16-14-23)35-6-2/h9-16,20H,5-8,17-19H2,1-4H3,(H,28,32). The van der Waals surface area contributed by atoms with Crippen LogP contribution in [0.25, 0.3) is 0 Å². The van der Waals surface area contributed by atoms with Crippen LogP contribution < -0.4 is 14.4 Å². The third kappa shape index (κ3) is 8.82. The summed E-state index contributed by atoms with van der Waals surface area (Å²) in [5.74, 6) is -0.324. The van der Waals surface area contributed by atoms with Crippen LogP contribution in [-0.2, 0) is 26.2 Å². The largest absolute Gasteiger partial charge is 0.494 e. The van der Waals surface area contributed by atoms with Crippen molar-refractivity contribution in [3.8, 4) is 5.75 Å². The summed E-state index contributed by atoms with van der Waals surface area (Å²) in [7, 11) is -3.59. The first kappa shape index (κ1) is 29.1. The van der Waals surface area contributed by atoms with Crippen LogP contribution in [0.1, 0.15) is 45.6 Å². The average molecular weight is 522 g/mol. The minimum absolute atomic E-state index is 0.0373. The summed E-state index contributed by atoms with van der Waals surface area (Å²) in [5.41, 5.74) is 1.16. The Morgan fingerprint density at radius 2 is 1.69 bits per heavy atom. The number of nitrogens with zero attached hydrogens (tertiary/aromatic N) is 2. The summed E-state index contributed by atoms with van der Waals surface area (Å²) < 4.78 is 44.9. The van der Waals surface area contributed by atoms with E-state index in [1.165, 1.54) is 21.3 Å². The zero-order valence-corrected chi connectivity index (χ0v) is 22.2. The highest BCUT2D eigenvalue weighted by Gasteiger charge is 2.26. The normalized spacial score (nSPS) is 12.0. The lowest BCUT2D eigenvalue weighted by Crippen LogP contribution is -2.47. The van der Waals surface area contributed by atoms with Crippen LogP contribution in [0.15, 0.2) is 48.5 Å². The van der Waals surface area contributed by atoms with Gasteiger partial charge in [0.2, 0.25) is 21.8 Å². The SMILES string of the molecule is CCCNC(=O)C(C)N(Cc1ccc(F)cc1)C(=O)CCCN(c1ccc(OCC)cc1)S(C)(=O)=O. The van der Waals surface area contributed by atoms with Crippen molar-refractivity contribution in [2.75, 3.05) is 30.3 Å². The highest BCUT2D eigenvalue weighted by molar-refractivity contribution is 7.92. The molecule has 8 nitrogen and oxygen atoms in total. The number of amides is 2. The summed E-state index contributed by atoms with van der Waals surface area (Å²) in [5, 5.41) is 2.80. The Labute approximate surface area is 213 Å². The molecule has 0 radical (unpaired) electrons. The van der Waals surface area contributed by atoms with Gasteiger partial charge in [-0.15, -0.1) is 0 Å². The Kier molecular flexibility index (Phi) is 11.2. The van der Waals surface area contributed by atoms with Crippen molar-refractivity contribution in [3.05, 3.63) is 59.9 Å². The maximum atomic E-state index is 13.3. The molecule has 36 heavy (non-hydrogen) atoms. The Balaban J connectivity index is 2.13. The summed E-state index contributed by atoms with van der Waals surface area (Å²) in [6.07, 6.45) is 2.17. The minimum Gasteiger partial charge on any atom is -0.494 e. The van der Waals surface area contributed by atoms with Crippen LogP contribution in [0.4, 0.5) is 10.1 Å².